The molecule has 596 valence electrons. The number of nitriles is 1. The van der Waals surface area contributed by atoms with Gasteiger partial charge in [0, 0.05) is 122 Å². The number of likely N-dealkylation sites (tertiary alicyclic amines) is 2. The van der Waals surface area contributed by atoms with Crippen molar-refractivity contribution in [2.24, 2.45) is 0 Å². The number of imide groups is 1. The molecule has 2 saturated heterocycles. The van der Waals surface area contributed by atoms with Gasteiger partial charge in [-0.2, -0.15) is 9.84 Å². The van der Waals surface area contributed by atoms with E-state index in [0.29, 0.717) is 67.1 Å². The van der Waals surface area contributed by atoms with Crippen molar-refractivity contribution in [3.63, 3.8) is 0 Å². The van der Waals surface area contributed by atoms with E-state index in [1.54, 1.807) is 24.3 Å². The summed E-state index contributed by atoms with van der Waals surface area (Å²) in [6.07, 6.45) is 10.6. The number of allylic oxidation sites excluding steroid dienone is 7. The number of thioether (sulfide) groups is 1. The summed E-state index contributed by atoms with van der Waals surface area (Å²) in [6, 6.07) is 18.2. The van der Waals surface area contributed by atoms with E-state index in [4.69, 9.17) is 4.74 Å². The molecule has 5 heterocycles. The second-order valence-corrected chi connectivity index (χ2v) is 34.9. The Labute approximate surface area is 734 Å². The smallest absolute Gasteiger partial charge is 0.748 e. The van der Waals surface area contributed by atoms with Crippen LogP contribution in [0.4, 0.5) is 20.2 Å². The average molecular weight is 1680 g/mol. The molecule has 3 aromatic carbocycles. The fourth-order valence-corrected chi connectivity index (χ4v) is 17.0. The van der Waals surface area contributed by atoms with E-state index in [-0.39, 0.29) is 183 Å². The summed E-state index contributed by atoms with van der Waals surface area (Å²) >= 11 is 1.00. The summed E-state index contributed by atoms with van der Waals surface area (Å²) < 4.78 is 143. The number of unbranched alkanes of at least 4 members (excludes halogenated alkanes) is 2. The molecule has 9 rings (SSSR count). The number of carbonyl (C=O) groups is 8. The van der Waals surface area contributed by atoms with E-state index in [1.165, 1.54) is 44.3 Å². The van der Waals surface area contributed by atoms with Crippen LogP contribution in [-0.4, -0.2) is 190 Å². The van der Waals surface area contributed by atoms with Crippen molar-refractivity contribution in [2.75, 3.05) is 54.9 Å². The van der Waals surface area contributed by atoms with Gasteiger partial charge in [0.25, 0.3) is 11.8 Å². The zero-order valence-electron chi connectivity index (χ0n) is 65.6. The number of ether oxygens (including phenoxy) is 1. The van der Waals surface area contributed by atoms with Crippen molar-refractivity contribution in [3.8, 4) is 11.8 Å². The number of rotatable bonds is 35. The monoisotopic (exact) mass is 1680 g/mol. The molecule has 2 fully saturated rings. The minimum absolute atomic E-state index is 0. The SMILES string of the molecule is CC(=O)C(CSC1CC(=O)N(CCNC(=O)CCc2ccc(OC3=C(C=CC4=[N+](CCCCS(=O)(=O)[O-])c5ccc(S(=O)(=O)[O-])cc5C4(C)C)CCCC3=CC=C3N(CCCCS(=O)(=O)[O-])c4ccc(C)cc4C3(C)C)cc2)C1=O)NC(=O)CCC(=O)NCc1cc(C(=O)N[C@H](C)C(=O)N2CC(F)(F)C[C@H]2C#N)ccn1.[Na+].[Na+].[Na+]. The number of nitrogens with zero attached hydrogens (tertiary/aromatic N) is 6. The molecule has 0 radical (unpaired) electrons. The van der Waals surface area contributed by atoms with Gasteiger partial charge >= 0.3 is 88.7 Å². The summed E-state index contributed by atoms with van der Waals surface area (Å²) in [5.74, 6) is -8.07. The van der Waals surface area contributed by atoms with E-state index < -0.39 is 141 Å². The summed E-state index contributed by atoms with van der Waals surface area (Å²) in [5.41, 5.74) is 7.09. The number of ketones is 1. The number of carbonyl (C=O) groups excluding carboxylic acids is 8. The molecule has 4 aromatic rings. The zero-order chi connectivity index (χ0) is 81.1. The number of aromatic nitrogens is 1. The molecule has 0 bridgehead atoms. The fraction of sp³-hybridized carbons (Fsp3) is 0.468. The summed E-state index contributed by atoms with van der Waals surface area (Å²) in [6.45, 7) is 11.9. The number of benzene rings is 3. The summed E-state index contributed by atoms with van der Waals surface area (Å²) in [5, 5.41) is 18.7. The maximum Gasteiger partial charge on any atom is 1.00 e. The number of amides is 7. The van der Waals surface area contributed by atoms with Crippen LogP contribution in [-0.2, 0) is 87.7 Å². The normalized spacial score (nSPS) is 18.8. The third-order valence-corrected chi connectivity index (χ3v) is 23.8. The first kappa shape index (κ1) is 96.5. The van der Waals surface area contributed by atoms with E-state index in [0.717, 1.165) is 60.8 Å². The molecule has 4 atom stereocenters. The van der Waals surface area contributed by atoms with Gasteiger partial charge in [0.15, 0.2) is 11.5 Å². The average Bonchev–Trinajstić information content (AvgIpc) is 1.60. The number of nitrogens with one attached hydrogen (secondary N) is 4. The summed E-state index contributed by atoms with van der Waals surface area (Å²) in [7, 11) is -13.8. The Kier molecular flexibility index (Phi) is 35.0. The van der Waals surface area contributed by atoms with Gasteiger partial charge in [-0.25, -0.2) is 34.0 Å². The van der Waals surface area contributed by atoms with Crippen LogP contribution < -0.4 is 120 Å². The van der Waals surface area contributed by atoms with E-state index in [9.17, 15) is 91.3 Å². The van der Waals surface area contributed by atoms with Gasteiger partial charge in [-0.15, -0.1) is 11.8 Å². The van der Waals surface area contributed by atoms with Crippen LogP contribution >= 0.6 is 11.8 Å². The fourth-order valence-electron chi connectivity index (χ4n) is 14.1. The number of Topliss-reactive ketones (excluding diaryl/α,β-unsaturated/α-hetero) is 1. The van der Waals surface area contributed by atoms with Crippen LogP contribution in [0.25, 0.3) is 0 Å². The quantitative estimate of drug-likeness (QED) is 0.0127. The molecule has 5 aliphatic rings. The third kappa shape index (κ3) is 25.8. The molecule has 4 N–H and O–H groups in total. The largest absolute Gasteiger partial charge is 1.00 e. The van der Waals surface area contributed by atoms with Crippen molar-refractivity contribution in [2.45, 2.75) is 184 Å². The molecule has 0 saturated carbocycles. The van der Waals surface area contributed by atoms with Crippen LogP contribution in [0.3, 0.4) is 0 Å². The molecule has 28 nitrogen and oxygen atoms in total. The maximum atomic E-state index is 14.0. The number of alkyl halides is 2. The van der Waals surface area contributed by atoms with Crippen LogP contribution in [0.15, 0.2) is 131 Å². The van der Waals surface area contributed by atoms with Gasteiger partial charge in [0.2, 0.25) is 41.1 Å². The number of hydrogen-bond acceptors (Lipinski definition) is 22. The van der Waals surface area contributed by atoms with E-state index in [2.05, 4.69) is 51.1 Å². The Morgan fingerprint density at radius 2 is 1.46 bits per heavy atom. The molecule has 1 aliphatic carbocycles. The van der Waals surface area contributed by atoms with Gasteiger partial charge in [0.1, 0.15) is 40.3 Å². The van der Waals surface area contributed by atoms with Crippen molar-refractivity contribution in [3.05, 3.63) is 159 Å². The minimum atomic E-state index is -4.86. The minimum Gasteiger partial charge on any atom is -0.748 e. The number of aryl methyl sites for hydroxylation is 2. The molecular weight excluding hydrogens is 1590 g/mol. The molecular formula is C77H90F2N10Na3O18S4+. The van der Waals surface area contributed by atoms with Crippen LogP contribution in [0, 0.1) is 18.3 Å². The van der Waals surface area contributed by atoms with Gasteiger partial charge in [-0.1, -0.05) is 49.8 Å². The van der Waals surface area contributed by atoms with Crippen LogP contribution in [0.2, 0.25) is 0 Å². The first-order valence-corrected chi connectivity index (χ1v) is 42.0. The first-order valence-electron chi connectivity index (χ1n) is 36.4. The maximum absolute atomic E-state index is 14.0. The number of anilines is 1. The van der Waals surface area contributed by atoms with Crippen molar-refractivity contribution in [1.82, 2.24) is 36.1 Å². The standard InChI is InChI=1S/C77H92F2N10O18S4.3Na/c1-48-15-24-62-59(39-48)75(4,5)65(86(62)34-8-10-37-109(98,99)100)26-19-52-13-12-14-53(20-27-66-76(6,7)60-41-58(111(104,105)106)23-25-63(60)87(66)35-9-11-38-110(101,102)103)71(52)107-57-21-16-51(17-22-57)18-28-67(91)82-33-36-88-70(94)42-64(74(88)97)108-46-61(50(3)90)85-69(93)30-29-68(92)83-45-55-40-54(31-32-81-55)72(95)84-49(2)73(96)89-47-77(78,79)43-56(89)44-80;;;/h15-17,19-27,31-32,39-41,49,56,61,64H,8-14,18,28-30,33-38,42-43,45-47H2,1-7H3,(H6-,82,83,84,85,91,92,93,95,98,99,100,101,102,103,104,105,106);;;/q;3*+1/p-2/t49-,56+,61?,64?;;;/m1.../s1. The second kappa shape index (κ2) is 41.3. The van der Waals surface area contributed by atoms with Gasteiger partial charge in [-0.3, -0.25) is 48.2 Å². The molecule has 2 unspecified atom stereocenters. The first-order chi connectivity index (χ1) is 52.1. The predicted octanol–water partition coefficient (Wildman–Crippen LogP) is -2.03. The second-order valence-electron chi connectivity index (χ2n) is 29.2. The molecule has 1 aromatic heterocycles. The van der Waals surface area contributed by atoms with E-state index >= 15 is 0 Å². The van der Waals surface area contributed by atoms with Gasteiger partial charge < -0.3 is 49.5 Å². The predicted molar refractivity (Wildman–Crippen MR) is 404 cm³/mol. The zero-order valence-corrected chi connectivity index (χ0v) is 74.9. The number of pyridine rings is 1. The van der Waals surface area contributed by atoms with Crippen molar-refractivity contribution >= 4 is 106 Å². The third-order valence-electron chi connectivity index (χ3n) is 20.1. The Bertz CT molecular complexity index is 4900. The van der Waals surface area contributed by atoms with Gasteiger partial charge in [-0.05, 0) is 156 Å². The molecule has 7 amide bonds. The topological polar surface area (TPSA) is 415 Å². The van der Waals surface area contributed by atoms with Gasteiger partial charge in [0.05, 0.1) is 66.7 Å². The number of halogens is 2. The summed E-state index contributed by atoms with van der Waals surface area (Å²) in [4.78, 5) is 112. The molecule has 114 heavy (non-hydrogen) atoms. The number of fused-ring (bicyclic) bond motifs is 2. The molecule has 4 aliphatic heterocycles. The van der Waals surface area contributed by atoms with E-state index in [1.807, 2.05) is 73.9 Å². The van der Waals surface area contributed by atoms with Crippen molar-refractivity contribution < 1.29 is 184 Å². The molecule has 0 spiro atoms. The Hall–Kier alpha value is -6.37. The number of hydrogen-bond donors (Lipinski definition) is 4. The van der Waals surface area contributed by atoms with Crippen LogP contribution in [0.1, 0.15) is 157 Å². The Balaban J connectivity index is 0.00000674. The van der Waals surface area contributed by atoms with Crippen molar-refractivity contribution in [1.29, 1.82) is 5.26 Å². The molecule has 37 heteroatoms. The van der Waals surface area contributed by atoms with Crippen LogP contribution in [0.5, 0.6) is 5.75 Å². The Morgan fingerprint density at radius 1 is 0.781 bits per heavy atom. The Morgan fingerprint density at radius 3 is 2.12 bits per heavy atom.